The largest absolute Gasteiger partial charge is 0.300 e. The van der Waals surface area contributed by atoms with Crippen LogP contribution in [0, 0.1) is 0 Å². The third-order valence-corrected chi connectivity index (χ3v) is 3.07. The summed E-state index contributed by atoms with van der Waals surface area (Å²) in [4.78, 5) is 22.1. The molecule has 17 heavy (non-hydrogen) atoms. The molecule has 0 amide bonds. The third kappa shape index (κ3) is 13.3. The van der Waals surface area contributed by atoms with Crippen molar-refractivity contribution in [3.05, 3.63) is 0 Å². The van der Waals surface area contributed by atoms with Crippen molar-refractivity contribution < 1.29 is 9.59 Å². The SMILES string of the molecule is CCCCCCCCCCC(=O)CCC(C)=O. The third-order valence-electron chi connectivity index (χ3n) is 3.07. The van der Waals surface area contributed by atoms with Crippen LogP contribution in [0.4, 0.5) is 0 Å². The van der Waals surface area contributed by atoms with E-state index in [1.54, 1.807) is 6.92 Å². The molecule has 0 fully saturated rings. The van der Waals surface area contributed by atoms with E-state index in [1.165, 1.54) is 38.5 Å². The van der Waals surface area contributed by atoms with Crippen LogP contribution in [-0.2, 0) is 9.59 Å². The van der Waals surface area contributed by atoms with E-state index in [9.17, 15) is 9.59 Å². The van der Waals surface area contributed by atoms with E-state index in [4.69, 9.17) is 0 Å². The Morgan fingerprint density at radius 1 is 0.706 bits per heavy atom. The molecule has 0 aliphatic rings. The van der Waals surface area contributed by atoms with E-state index in [-0.39, 0.29) is 11.6 Å². The summed E-state index contributed by atoms with van der Waals surface area (Å²) in [7, 11) is 0. The molecule has 0 saturated carbocycles. The molecule has 0 atom stereocenters. The molecule has 0 N–H and O–H groups in total. The highest BCUT2D eigenvalue weighted by molar-refractivity contribution is 5.84. The summed E-state index contributed by atoms with van der Waals surface area (Å²) >= 11 is 0. The molecule has 0 rings (SSSR count). The molecule has 2 nitrogen and oxygen atoms in total. The first-order valence-corrected chi connectivity index (χ1v) is 7.18. The van der Waals surface area contributed by atoms with E-state index in [1.807, 2.05) is 0 Å². The molecule has 0 bridgehead atoms. The molecule has 0 aromatic rings. The fourth-order valence-electron chi connectivity index (χ4n) is 1.90. The summed E-state index contributed by atoms with van der Waals surface area (Å²) in [6.07, 6.45) is 11.6. The van der Waals surface area contributed by atoms with Gasteiger partial charge < -0.3 is 4.79 Å². The number of carbonyl (C=O) groups is 2. The van der Waals surface area contributed by atoms with Crippen LogP contribution in [0.25, 0.3) is 0 Å². The number of unbranched alkanes of at least 4 members (excludes halogenated alkanes) is 7. The first kappa shape index (κ1) is 16.3. The van der Waals surface area contributed by atoms with E-state index in [0.717, 1.165) is 12.8 Å². The highest BCUT2D eigenvalue weighted by atomic mass is 16.1. The number of ketones is 2. The lowest BCUT2D eigenvalue weighted by molar-refractivity contribution is -0.123. The van der Waals surface area contributed by atoms with Crippen LogP contribution in [0.1, 0.15) is 84.5 Å². The lowest BCUT2D eigenvalue weighted by Gasteiger charge is -2.01. The topological polar surface area (TPSA) is 34.1 Å². The maximum absolute atomic E-state index is 11.4. The standard InChI is InChI=1S/C15H28O2/c1-3-4-5-6-7-8-9-10-11-15(17)13-12-14(2)16/h3-13H2,1-2H3. The van der Waals surface area contributed by atoms with Crippen LogP contribution in [0.2, 0.25) is 0 Å². The maximum Gasteiger partial charge on any atom is 0.133 e. The zero-order chi connectivity index (χ0) is 12.9. The van der Waals surface area contributed by atoms with Gasteiger partial charge >= 0.3 is 0 Å². The minimum Gasteiger partial charge on any atom is -0.300 e. The minimum absolute atomic E-state index is 0.120. The first-order valence-electron chi connectivity index (χ1n) is 7.18. The first-order chi connectivity index (χ1) is 8.16. The van der Waals surface area contributed by atoms with Gasteiger partial charge in [-0.2, -0.15) is 0 Å². The molecule has 0 spiro atoms. The Kier molecular flexibility index (Phi) is 11.4. The Morgan fingerprint density at radius 3 is 1.76 bits per heavy atom. The van der Waals surface area contributed by atoms with Crippen LogP contribution < -0.4 is 0 Å². The Labute approximate surface area is 106 Å². The van der Waals surface area contributed by atoms with E-state index in [2.05, 4.69) is 6.92 Å². The Bertz CT molecular complexity index is 209. The molecule has 0 radical (unpaired) electrons. The highest BCUT2D eigenvalue weighted by Crippen LogP contribution is 2.10. The van der Waals surface area contributed by atoms with Crippen molar-refractivity contribution in [1.82, 2.24) is 0 Å². The molecule has 0 aliphatic carbocycles. The maximum atomic E-state index is 11.4. The second kappa shape index (κ2) is 11.8. The Hall–Kier alpha value is -0.660. The van der Waals surface area contributed by atoms with Gasteiger partial charge in [0.1, 0.15) is 11.6 Å². The predicted octanol–water partition coefficient (Wildman–Crippen LogP) is 4.46. The number of hydrogen-bond acceptors (Lipinski definition) is 2. The molecule has 0 aromatic heterocycles. The quantitative estimate of drug-likeness (QED) is 0.472. The van der Waals surface area contributed by atoms with E-state index >= 15 is 0 Å². The number of hydrogen-bond donors (Lipinski definition) is 0. The summed E-state index contributed by atoms with van der Waals surface area (Å²) in [6, 6.07) is 0. The van der Waals surface area contributed by atoms with Crippen molar-refractivity contribution in [2.75, 3.05) is 0 Å². The van der Waals surface area contributed by atoms with Crippen LogP contribution in [0.3, 0.4) is 0 Å². The molecule has 0 saturated heterocycles. The number of Topliss-reactive ketones (excluding diaryl/α,β-unsaturated/α-hetero) is 2. The second-order valence-corrected chi connectivity index (χ2v) is 4.97. The van der Waals surface area contributed by atoms with Crippen molar-refractivity contribution in [3.8, 4) is 0 Å². The highest BCUT2D eigenvalue weighted by Gasteiger charge is 2.03. The van der Waals surface area contributed by atoms with Crippen LogP contribution in [-0.4, -0.2) is 11.6 Å². The zero-order valence-corrected chi connectivity index (χ0v) is 11.6. The normalized spacial score (nSPS) is 10.5. The summed E-state index contributed by atoms with van der Waals surface area (Å²) in [5, 5.41) is 0. The van der Waals surface area contributed by atoms with Gasteiger partial charge in [0.05, 0.1) is 0 Å². The summed E-state index contributed by atoms with van der Waals surface area (Å²) in [5.74, 6) is 0.375. The van der Waals surface area contributed by atoms with Gasteiger partial charge in [-0.15, -0.1) is 0 Å². The molecule has 2 heteroatoms. The van der Waals surface area contributed by atoms with Gasteiger partial charge in [0, 0.05) is 19.3 Å². The lowest BCUT2D eigenvalue weighted by atomic mass is 10.0. The van der Waals surface area contributed by atoms with Gasteiger partial charge in [-0.05, 0) is 13.3 Å². The Morgan fingerprint density at radius 2 is 1.24 bits per heavy atom. The molecule has 0 unspecified atom stereocenters. The van der Waals surface area contributed by atoms with Crippen molar-refractivity contribution in [1.29, 1.82) is 0 Å². The number of carbonyl (C=O) groups excluding carboxylic acids is 2. The molecule has 0 aliphatic heterocycles. The molecule has 0 heterocycles. The number of rotatable bonds is 12. The fraction of sp³-hybridized carbons (Fsp3) is 0.867. The average Bonchev–Trinajstić information content (AvgIpc) is 2.30. The molecular formula is C15H28O2. The smallest absolute Gasteiger partial charge is 0.133 e. The van der Waals surface area contributed by atoms with Gasteiger partial charge in [0.2, 0.25) is 0 Å². The monoisotopic (exact) mass is 240 g/mol. The van der Waals surface area contributed by atoms with E-state index in [0.29, 0.717) is 19.3 Å². The predicted molar refractivity (Wildman–Crippen MR) is 72.1 cm³/mol. The second-order valence-electron chi connectivity index (χ2n) is 4.97. The summed E-state index contributed by atoms with van der Waals surface area (Å²) < 4.78 is 0. The minimum atomic E-state index is 0.120. The van der Waals surface area contributed by atoms with Gasteiger partial charge in [0.15, 0.2) is 0 Å². The van der Waals surface area contributed by atoms with E-state index < -0.39 is 0 Å². The Balaban J connectivity index is 3.16. The van der Waals surface area contributed by atoms with Crippen molar-refractivity contribution in [2.24, 2.45) is 0 Å². The van der Waals surface area contributed by atoms with Crippen LogP contribution in [0.15, 0.2) is 0 Å². The fourth-order valence-corrected chi connectivity index (χ4v) is 1.90. The van der Waals surface area contributed by atoms with Gasteiger partial charge in [-0.1, -0.05) is 51.9 Å². The summed E-state index contributed by atoms with van der Waals surface area (Å²) in [5.41, 5.74) is 0. The van der Waals surface area contributed by atoms with Gasteiger partial charge in [-0.3, -0.25) is 4.79 Å². The van der Waals surface area contributed by atoms with Gasteiger partial charge in [0.25, 0.3) is 0 Å². The summed E-state index contributed by atoms with van der Waals surface area (Å²) in [6.45, 7) is 3.77. The van der Waals surface area contributed by atoms with Crippen molar-refractivity contribution in [3.63, 3.8) is 0 Å². The molecular weight excluding hydrogens is 212 g/mol. The van der Waals surface area contributed by atoms with Crippen molar-refractivity contribution >= 4 is 11.6 Å². The van der Waals surface area contributed by atoms with Crippen molar-refractivity contribution in [2.45, 2.75) is 84.5 Å². The van der Waals surface area contributed by atoms with Crippen LogP contribution in [0.5, 0.6) is 0 Å². The molecule has 100 valence electrons. The van der Waals surface area contributed by atoms with Gasteiger partial charge in [-0.25, -0.2) is 0 Å². The lowest BCUT2D eigenvalue weighted by Crippen LogP contribution is -2.01. The zero-order valence-electron chi connectivity index (χ0n) is 11.6. The average molecular weight is 240 g/mol. The van der Waals surface area contributed by atoms with Crippen LogP contribution >= 0.6 is 0 Å². The molecule has 0 aromatic carbocycles.